The number of hydrogen-bond donors (Lipinski definition) is 2. The molecule has 8 nitrogen and oxygen atoms in total. The predicted molar refractivity (Wildman–Crippen MR) is 129 cm³/mol. The maximum absolute atomic E-state index is 13.0. The van der Waals surface area contributed by atoms with Gasteiger partial charge in [-0.05, 0) is 61.8 Å². The maximum atomic E-state index is 13.0. The minimum Gasteiger partial charge on any atom is -0.445 e. The van der Waals surface area contributed by atoms with E-state index in [-0.39, 0.29) is 36.7 Å². The van der Waals surface area contributed by atoms with E-state index < -0.39 is 18.2 Å². The molecule has 2 N–H and O–H groups in total. The van der Waals surface area contributed by atoms with Crippen molar-refractivity contribution in [3.8, 4) is 6.07 Å². The smallest absolute Gasteiger partial charge is 0.410 e. The number of rotatable bonds is 7. The molecule has 2 saturated heterocycles. The van der Waals surface area contributed by atoms with Crippen molar-refractivity contribution >= 4 is 35.6 Å². The van der Waals surface area contributed by atoms with Crippen LogP contribution in [0.4, 0.5) is 4.79 Å². The van der Waals surface area contributed by atoms with E-state index in [2.05, 4.69) is 16.7 Å². The number of halogens is 1. The van der Waals surface area contributed by atoms with Crippen molar-refractivity contribution in [1.82, 2.24) is 15.5 Å². The molecule has 1 aromatic rings. The second kappa shape index (κ2) is 12.4. The van der Waals surface area contributed by atoms with Crippen LogP contribution >= 0.6 is 11.6 Å². The number of hydrogen-bond acceptors (Lipinski definition) is 5. The zero-order valence-corrected chi connectivity index (χ0v) is 20.1. The van der Waals surface area contributed by atoms with Crippen molar-refractivity contribution in [2.24, 2.45) is 11.8 Å². The normalized spacial score (nSPS) is 23.6. The Hall–Kier alpha value is -3.05. The van der Waals surface area contributed by atoms with Crippen LogP contribution in [0.25, 0.3) is 6.08 Å². The van der Waals surface area contributed by atoms with Gasteiger partial charge in [0, 0.05) is 24.0 Å². The maximum Gasteiger partial charge on any atom is 0.410 e. The monoisotopic (exact) mass is 486 g/mol. The van der Waals surface area contributed by atoms with Gasteiger partial charge in [0.05, 0.1) is 6.07 Å². The van der Waals surface area contributed by atoms with Gasteiger partial charge >= 0.3 is 6.09 Å². The summed E-state index contributed by atoms with van der Waals surface area (Å²) in [5.41, 5.74) is 0.890. The molecule has 0 aliphatic carbocycles. The molecule has 182 valence electrons. The lowest BCUT2D eigenvalue weighted by molar-refractivity contribution is -0.130. The van der Waals surface area contributed by atoms with Crippen molar-refractivity contribution in [3.63, 3.8) is 0 Å². The summed E-state index contributed by atoms with van der Waals surface area (Å²) in [6, 6.07) is 7.89. The number of nitriles is 1. The third kappa shape index (κ3) is 7.22. The van der Waals surface area contributed by atoms with Crippen molar-refractivity contribution in [2.75, 3.05) is 19.7 Å². The number of nitrogens with zero attached hydrogens (tertiary/aromatic N) is 2. The molecule has 4 atom stereocenters. The Kier molecular flexibility index (Phi) is 9.34. The minimum atomic E-state index is -0.792. The van der Waals surface area contributed by atoms with E-state index in [0.29, 0.717) is 31.0 Å². The van der Waals surface area contributed by atoms with Gasteiger partial charge in [0.1, 0.15) is 18.7 Å². The number of ether oxygens (including phenoxy) is 1. The Morgan fingerprint density at radius 3 is 2.94 bits per heavy atom. The summed E-state index contributed by atoms with van der Waals surface area (Å²) in [5, 5.41) is 15.7. The third-order valence-corrected chi connectivity index (χ3v) is 6.44. The molecule has 1 aromatic carbocycles. The molecule has 3 amide bonds. The fourth-order valence-electron chi connectivity index (χ4n) is 4.38. The van der Waals surface area contributed by atoms with Crippen molar-refractivity contribution in [3.05, 3.63) is 40.9 Å². The van der Waals surface area contributed by atoms with Gasteiger partial charge in [0.15, 0.2) is 0 Å². The van der Waals surface area contributed by atoms with Crippen molar-refractivity contribution in [2.45, 2.75) is 51.1 Å². The minimum absolute atomic E-state index is 0.0577. The van der Waals surface area contributed by atoms with E-state index in [1.165, 1.54) is 4.90 Å². The lowest BCUT2D eigenvalue weighted by Crippen LogP contribution is -2.55. The van der Waals surface area contributed by atoms with Crippen LogP contribution in [-0.4, -0.2) is 54.6 Å². The number of nitrogens with one attached hydrogen (secondary N) is 2. The Labute approximate surface area is 205 Å². The molecular weight excluding hydrogens is 456 g/mol. The fraction of sp³-hybridized carbons (Fsp3) is 0.520. The Morgan fingerprint density at radius 1 is 1.38 bits per heavy atom. The van der Waals surface area contributed by atoms with Gasteiger partial charge in [-0.25, -0.2) is 4.79 Å². The second-order valence-electron chi connectivity index (χ2n) is 8.94. The van der Waals surface area contributed by atoms with Crippen LogP contribution in [0.3, 0.4) is 0 Å². The molecule has 0 aromatic heterocycles. The van der Waals surface area contributed by atoms with Gasteiger partial charge in [-0.3, -0.25) is 14.5 Å². The number of carbonyl (C=O) groups excluding carboxylic acids is 3. The second-order valence-corrected chi connectivity index (χ2v) is 9.38. The van der Waals surface area contributed by atoms with E-state index in [9.17, 15) is 19.6 Å². The first-order chi connectivity index (χ1) is 16.4. The van der Waals surface area contributed by atoms with E-state index >= 15 is 0 Å². The van der Waals surface area contributed by atoms with Crippen LogP contribution in [0.15, 0.2) is 30.3 Å². The quantitative estimate of drug-likeness (QED) is 0.612. The summed E-state index contributed by atoms with van der Waals surface area (Å²) in [4.78, 5) is 39.3. The van der Waals surface area contributed by atoms with Crippen molar-refractivity contribution in [1.29, 1.82) is 5.26 Å². The summed E-state index contributed by atoms with van der Waals surface area (Å²) in [5.74, 6) is -0.530. The highest BCUT2D eigenvalue weighted by atomic mass is 35.5. The number of likely N-dealkylation sites (tertiary alicyclic amines) is 1. The molecule has 2 fully saturated rings. The van der Waals surface area contributed by atoms with Gasteiger partial charge in [-0.1, -0.05) is 36.7 Å². The molecule has 0 saturated carbocycles. The molecule has 9 heteroatoms. The largest absolute Gasteiger partial charge is 0.445 e. The summed E-state index contributed by atoms with van der Waals surface area (Å²) in [6.45, 7) is 3.12. The van der Waals surface area contributed by atoms with Crippen LogP contribution in [0.1, 0.15) is 44.6 Å². The Balaban J connectivity index is 1.56. The molecule has 2 aliphatic rings. The van der Waals surface area contributed by atoms with E-state index in [0.717, 1.165) is 18.4 Å². The first kappa shape index (κ1) is 25.6. The van der Waals surface area contributed by atoms with E-state index in [1.807, 2.05) is 19.1 Å². The summed E-state index contributed by atoms with van der Waals surface area (Å²) in [7, 11) is 0. The fourth-order valence-corrected chi connectivity index (χ4v) is 4.58. The van der Waals surface area contributed by atoms with Crippen LogP contribution in [0.5, 0.6) is 0 Å². The average Bonchev–Trinajstić information content (AvgIpc) is 2.82. The third-order valence-electron chi connectivity index (χ3n) is 6.21. The Bertz CT molecular complexity index is 960. The standard InChI is InChI=1S/C25H31ClN4O4/c1-17-9-10-22(24(32)29-21(15-27)14-19-7-3-11-28-23(19)31)30(16-17)25(33)34-12-4-6-18-5-2-8-20(26)13-18/h2,4-6,8,13,17,19,21-22H,3,7,9-12,14,16H2,1H3,(H,28,31)(H,29,32)/b6-4+/t17-,19+,21+,22+/m1/s1. The molecule has 3 rings (SSSR count). The van der Waals surface area contributed by atoms with Crippen LogP contribution in [0, 0.1) is 23.2 Å². The van der Waals surface area contributed by atoms with Crippen molar-refractivity contribution < 1.29 is 19.1 Å². The van der Waals surface area contributed by atoms with E-state index in [4.69, 9.17) is 16.3 Å². The highest BCUT2D eigenvalue weighted by molar-refractivity contribution is 6.30. The first-order valence-corrected chi connectivity index (χ1v) is 12.1. The Morgan fingerprint density at radius 2 is 2.21 bits per heavy atom. The molecule has 0 unspecified atom stereocenters. The lowest BCUT2D eigenvalue weighted by atomic mass is 9.91. The zero-order chi connectivity index (χ0) is 24.5. The molecule has 0 spiro atoms. The number of benzene rings is 1. The lowest BCUT2D eigenvalue weighted by Gasteiger charge is -2.37. The molecule has 0 bridgehead atoms. The average molecular weight is 487 g/mol. The molecule has 34 heavy (non-hydrogen) atoms. The summed E-state index contributed by atoms with van der Waals surface area (Å²) in [6.07, 6.45) is 6.05. The number of piperidine rings is 2. The van der Waals surface area contributed by atoms with Crippen LogP contribution in [-0.2, 0) is 14.3 Å². The molecule has 2 heterocycles. The zero-order valence-electron chi connectivity index (χ0n) is 19.3. The highest BCUT2D eigenvalue weighted by Gasteiger charge is 2.37. The number of amides is 3. The van der Waals surface area contributed by atoms with Crippen LogP contribution in [0.2, 0.25) is 5.02 Å². The number of carbonyl (C=O) groups is 3. The van der Waals surface area contributed by atoms with Gasteiger partial charge in [0.25, 0.3) is 0 Å². The first-order valence-electron chi connectivity index (χ1n) is 11.7. The predicted octanol–water partition coefficient (Wildman–Crippen LogP) is 3.51. The topological polar surface area (TPSA) is 112 Å². The molecule has 2 aliphatic heterocycles. The van der Waals surface area contributed by atoms with Crippen LogP contribution < -0.4 is 10.6 Å². The molecular formula is C25H31ClN4O4. The highest BCUT2D eigenvalue weighted by Crippen LogP contribution is 2.24. The summed E-state index contributed by atoms with van der Waals surface area (Å²) >= 11 is 5.97. The van der Waals surface area contributed by atoms with Gasteiger partial charge in [-0.2, -0.15) is 5.26 Å². The van der Waals surface area contributed by atoms with E-state index in [1.54, 1.807) is 24.3 Å². The summed E-state index contributed by atoms with van der Waals surface area (Å²) < 4.78 is 5.40. The van der Waals surface area contributed by atoms with Gasteiger partial charge in [-0.15, -0.1) is 0 Å². The van der Waals surface area contributed by atoms with Gasteiger partial charge < -0.3 is 15.4 Å². The van der Waals surface area contributed by atoms with Gasteiger partial charge in [0.2, 0.25) is 11.8 Å². The molecule has 0 radical (unpaired) electrons. The SMILES string of the molecule is C[C@@H]1CC[C@@H](C(=O)N[C@H](C#N)C[C@@H]2CCCNC2=O)N(C(=O)OC/C=C/c2cccc(Cl)c2)C1.